The van der Waals surface area contributed by atoms with Gasteiger partial charge in [0, 0.05) is 24.5 Å². The zero-order chi connectivity index (χ0) is 17.8. The minimum absolute atomic E-state index is 0.206. The van der Waals surface area contributed by atoms with Crippen molar-refractivity contribution in [3.05, 3.63) is 47.6 Å². The Morgan fingerprint density at radius 2 is 1.88 bits per heavy atom. The van der Waals surface area contributed by atoms with Crippen LogP contribution < -0.4 is 4.74 Å². The van der Waals surface area contributed by atoms with E-state index < -0.39 is 5.79 Å². The first kappa shape index (κ1) is 17.9. The van der Waals surface area contributed by atoms with Crippen molar-refractivity contribution in [2.24, 2.45) is 5.41 Å². The van der Waals surface area contributed by atoms with E-state index in [9.17, 15) is 4.79 Å². The number of allylic oxidation sites excluding steroid dienone is 2. The van der Waals surface area contributed by atoms with Gasteiger partial charge in [-0.3, -0.25) is 4.79 Å². The lowest BCUT2D eigenvalue weighted by molar-refractivity contribution is -0.145. The largest absolute Gasteiger partial charge is 0.468 e. The maximum Gasteiger partial charge on any atom is 0.197 e. The fourth-order valence-corrected chi connectivity index (χ4v) is 3.23. The lowest BCUT2D eigenvalue weighted by Crippen LogP contribution is -2.39. The van der Waals surface area contributed by atoms with Gasteiger partial charge in [0.1, 0.15) is 5.75 Å². The van der Waals surface area contributed by atoms with E-state index in [2.05, 4.69) is 19.1 Å². The second-order valence-electron chi connectivity index (χ2n) is 6.63. The van der Waals surface area contributed by atoms with Crippen LogP contribution in [-0.2, 0) is 19.0 Å². The van der Waals surface area contributed by atoms with Crippen molar-refractivity contribution in [3.63, 3.8) is 0 Å². The molecule has 1 unspecified atom stereocenters. The van der Waals surface area contributed by atoms with Gasteiger partial charge >= 0.3 is 0 Å². The van der Waals surface area contributed by atoms with E-state index in [0.29, 0.717) is 25.2 Å². The van der Waals surface area contributed by atoms with Crippen molar-refractivity contribution < 1.29 is 23.7 Å². The number of benzene rings is 1. The highest BCUT2D eigenvalue weighted by atomic mass is 16.7. The molecule has 2 aliphatic rings. The van der Waals surface area contributed by atoms with E-state index in [1.54, 1.807) is 7.11 Å². The van der Waals surface area contributed by atoms with Gasteiger partial charge in [-0.2, -0.15) is 0 Å². The van der Waals surface area contributed by atoms with E-state index >= 15 is 0 Å². The fraction of sp³-hybridized carbons (Fsp3) is 0.450. The Morgan fingerprint density at radius 1 is 1.16 bits per heavy atom. The van der Waals surface area contributed by atoms with Crippen LogP contribution in [0.1, 0.15) is 25.3 Å². The summed E-state index contributed by atoms with van der Waals surface area (Å²) < 4.78 is 21.7. The van der Waals surface area contributed by atoms with Gasteiger partial charge in [-0.15, -0.1) is 0 Å². The van der Waals surface area contributed by atoms with Crippen LogP contribution in [0.5, 0.6) is 5.75 Å². The van der Waals surface area contributed by atoms with Crippen molar-refractivity contribution in [3.8, 4) is 5.75 Å². The molecule has 1 aromatic rings. The molecule has 0 amide bonds. The molecule has 0 saturated carbocycles. The third-order valence-electron chi connectivity index (χ3n) is 4.68. The van der Waals surface area contributed by atoms with E-state index in [1.165, 1.54) is 0 Å². The highest BCUT2D eigenvalue weighted by Gasteiger charge is 2.45. The van der Waals surface area contributed by atoms with Crippen LogP contribution in [0.2, 0.25) is 0 Å². The molecule has 0 radical (unpaired) electrons. The second-order valence-corrected chi connectivity index (χ2v) is 6.63. The number of carbonyl (C=O) groups excluding carboxylic acids is 1. The minimum atomic E-state index is -0.824. The molecule has 1 aliphatic carbocycles. The van der Waals surface area contributed by atoms with E-state index in [0.717, 1.165) is 24.0 Å². The molecular formula is C20H24O5. The van der Waals surface area contributed by atoms with Gasteiger partial charge in [0.2, 0.25) is 0 Å². The highest BCUT2D eigenvalue weighted by molar-refractivity contribution is 5.77. The summed E-state index contributed by atoms with van der Waals surface area (Å²) in [4.78, 5) is 11.5. The molecule has 1 aromatic carbocycles. The predicted molar refractivity (Wildman–Crippen MR) is 94.1 cm³/mol. The van der Waals surface area contributed by atoms with Crippen molar-refractivity contribution in [1.29, 1.82) is 0 Å². The van der Waals surface area contributed by atoms with E-state index in [1.807, 2.05) is 30.3 Å². The van der Waals surface area contributed by atoms with Crippen LogP contribution in [0.15, 0.2) is 42.0 Å². The monoisotopic (exact) mass is 344 g/mol. The first-order valence-electron chi connectivity index (χ1n) is 8.47. The SMILES string of the molecule is COCOc1ccc(/C=C/C2(C)C=C(C=O)C3(CC2)OCCO3)cc1. The molecule has 3 rings (SSSR count). The summed E-state index contributed by atoms with van der Waals surface area (Å²) in [6.07, 6.45) is 8.56. The number of rotatable bonds is 6. The maximum absolute atomic E-state index is 11.5. The van der Waals surface area contributed by atoms with Gasteiger partial charge in [-0.05, 0) is 24.1 Å². The normalized spacial score (nSPS) is 25.3. The summed E-state index contributed by atoms with van der Waals surface area (Å²) in [5.74, 6) is -0.0569. The Bertz CT molecular complexity index is 655. The molecule has 0 bridgehead atoms. The van der Waals surface area contributed by atoms with Crippen molar-refractivity contribution >= 4 is 12.4 Å². The third-order valence-corrected chi connectivity index (χ3v) is 4.68. The lowest BCUT2D eigenvalue weighted by Gasteiger charge is -2.37. The van der Waals surface area contributed by atoms with Gasteiger partial charge in [0.05, 0.1) is 13.2 Å². The molecule has 1 spiro atoms. The molecule has 1 atom stereocenters. The average Bonchev–Trinajstić information content (AvgIpc) is 3.11. The van der Waals surface area contributed by atoms with Crippen LogP contribution in [0, 0.1) is 5.41 Å². The standard InChI is InChI=1S/C20H24O5/c1-19(8-7-16-3-5-18(6-4-16)23-15-22-2)9-10-20(17(13-19)14-21)24-11-12-25-20/h3-8,13-14H,9-12,15H2,1-2H3/b8-7+. The second kappa shape index (κ2) is 7.52. The molecule has 5 heteroatoms. The number of hydrogen-bond acceptors (Lipinski definition) is 5. The molecule has 1 saturated heterocycles. The van der Waals surface area contributed by atoms with E-state index in [-0.39, 0.29) is 12.2 Å². The van der Waals surface area contributed by atoms with Crippen LogP contribution in [-0.4, -0.2) is 39.2 Å². The lowest BCUT2D eigenvalue weighted by atomic mass is 9.75. The van der Waals surface area contributed by atoms with Gasteiger partial charge in [0.15, 0.2) is 18.9 Å². The number of carbonyl (C=O) groups is 1. The maximum atomic E-state index is 11.5. The first-order valence-corrected chi connectivity index (χ1v) is 8.47. The Morgan fingerprint density at radius 3 is 2.52 bits per heavy atom. The van der Waals surface area contributed by atoms with Gasteiger partial charge in [0.25, 0.3) is 0 Å². The van der Waals surface area contributed by atoms with Gasteiger partial charge < -0.3 is 18.9 Å². The summed E-state index contributed by atoms with van der Waals surface area (Å²) in [5.41, 5.74) is 1.45. The molecule has 134 valence electrons. The topological polar surface area (TPSA) is 54.0 Å². The Kier molecular flexibility index (Phi) is 5.37. The molecule has 1 fully saturated rings. The molecule has 0 aromatic heterocycles. The van der Waals surface area contributed by atoms with E-state index in [4.69, 9.17) is 18.9 Å². The Labute approximate surface area is 148 Å². The molecule has 0 N–H and O–H groups in total. The van der Waals surface area contributed by atoms with Gasteiger partial charge in [-0.1, -0.05) is 37.3 Å². The smallest absolute Gasteiger partial charge is 0.197 e. The van der Waals surface area contributed by atoms with Crippen LogP contribution >= 0.6 is 0 Å². The Balaban J connectivity index is 1.73. The van der Waals surface area contributed by atoms with Crippen molar-refractivity contribution in [2.75, 3.05) is 27.1 Å². The van der Waals surface area contributed by atoms with Crippen LogP contribution in [0.3, 0.4) is 0 Å². The van der Waals surface area contributed by atoms with Crippen LogP contribution in [0.4, 0.5) is 0 Å². The Hall–Kier alpha value is -1.95. The summed E-state index contributed by atoms with van der Waals surface area (Å²) >= 11 is 0. The predicted octanol–water partition coefficient (Wildman–Crippen LogP) is 3.35. The van der Waals surface area contributed by atoms with Crippen LogP contribution in [0.25, 0.3) is 6.08 Å². The summed E-state index contributed by atoms with van der Waals surface area (Å²) in [7, 11) is 1.59. The first-order chi connectivity index (χ1) is 12.1. The number of ether oxygens (including phenoxy) is 4. The third kappa shape index (κ3) is 4.00. The molecule has 1 heterocycles. The summed E-state index contributed by atoms with van der Waals surface area (Å²) in [6.45, 7) is 3.42. The molecule has 25 heavy (non-hydrogen) atoms. The zero-order valence-electron chi connectivity index (χ0n) is 14.7. The van der Waals surface area contributed by atoms with Crippen molar-refractivity contribution in [1.82, 2.24) is 0 Å². The molecule has 5 nitrogen and oxygen atoms in total. The number of aldehydes is 1. The van der Waals surface area contributed by atoms with Gasteiger partial charge in [-0.25, -0.2) is 0 Å². The summed E-state index contributed by atoms with van der Waals surface area (Å²) in [5, 5.41) is 0. The minimum Gasteiger partial charge on any atom is -0.468 e. The summed E-state index contributed by atoms with van der Waals surface area (Å²) in [6, 6.07) is 7.79. The highest BCUT2D eigenvalue weighted by Crippen LogP contribution is 2.44. The quantitative estimate of drug-likeness (QED) is 0.585. The zero-order valence-corrected chi connectivity index (χ0v) is 14.7. The average molecular weight is 344 g/mol. The fourth-order valence-electron chi connectivity index (χ4n) is 3.23. The number of methoxy groups -OCH3 is 1. The van der Waals surface area contributed by atoms with Crippen molar-refractivity contribution in [2.45, 2.75) is 25.6 Å². The number of hydrogen-bond donors (Lipinski definition) is 0. The molecular weight excluding hydrogens is 320 g/mol. The molecule has 1 aliphatic heterocycles.